The van der Waals surface area contributed by atoms with Gasteiger partial charge in [0.25, 0.3) is 5.91 Å². The summed E-state index contributed by atoms with van der Waals surface area (Å²) >= 11 is 5.96. The van der Waals surface area contributed by atoms with Crippen molar-refractivity contribution < 1.29 is 18.8 Å². The highest BCUT2D eigenvalue weighted by molar-refractivity contribution is 6.34. The lowest BCUT2D eigenvalue weighted by Crippen LogP contribution is -2.35. The number of halogens is 2. The van der Waals surface area contributed by atoms with Crippen molar-refractivity contribution in [1.82, 2.24) is 5.32 Å². The number of benzene rings is 1. The summed E-state index contributed by atoms with van der Waals surface area (Å²) in [6.45, 7) is 1.06. The maximum atomic E-state index is 13.8. The maximum Gasteiger partial charge on any atom is 0.264 e. The molecule has 1 aromatic rings. The number of amides is 1. The van der Waals surface area contributed by atoms with Crippen molar-refractivity contribution in [2.45, 2.75) is 18.9 Å². The molecule has 0 aromatic heterocycles. The van der Waals surface area contributed by atoms with Crippen LogP contribution in [0.3, 0.4) is 0 Å². The number of carbonyl (C=O) groups excluding carboxylic acids is 1. The summed E-state index contributed by atoms with van der Waals surface area (Å²) in [6, 6.07) is 4.38. The number of nitrogens with zero attached hydrogens (tertiary/aromatic N) is 1. The normalized spacial score (nSPS) is 17.3. The van der Waals surface area contributed by atoms with Gasteiger partial charge in [-0.25, -0.2) is 4.39 Å². The van der Waals surface area contributed by atoms with Gasteiger partial charge in [-0.3, -0.25) is 4.79 Å². The van der Waals surface area contributed by atoms with Crippen LogP contribution in [0.25, 0.3) is 0 Å². The van der Waals surface area contributed by atoms with Gasteiger partial charge in [-0.2, -0.15) is 0 Å². The quantitative estimate of drug-likeness (QED) is 0.818. The van der Waals surface area contributed by atoms with Gasteiger partial charge < -0.3 is 14.9 Å². The molecule has 7 heteroatoms. The van der Waals surface area contributed by atoms with Crippen LogP contribution in [-0.2, 0) is 14.4 Å². The zero-order valence-electron chi connectivity index (χ0n) is 11.6. The van der Waals surface area contributed by atoms with E-state index in [4.69, 9.17) is 21.2 Å². The predicted octanol–water partition coefficient (Wildman–Crippen LogP) is 2.12. The molecule has 21 heavy (non-hydrogen) atoms. The van der Waals surface area contributed by atoms with Crippen molar-refractivity contribution in [2.24, 2.45) is 5.16 Å². The third-order valence-electron chi connectivity index (χ3n) is 3.04. The lowest BCUT2D eigenvalue weighted by molar-refractivity contribution is -0.131. The van der Waals surface area contributed by atoms with Crippen molar-refractivity contribution in [2.75, 3.05) is 20.3 Å². The van der Waals surface area contributed by atoms with Crippen molar-refractivity contribution >= 4 is 23.2 Å². The minimum absolute atomic E-state index is 0.189. The Morgan fingerprint density at radius 1 is 1.62 bits per heavy atom. The second kappa shape index (κ2) is 7.38. The van der Waals surface area contributed by atoms with E-state index in [2.05, 4.69) is 10.5 Å². The van der Waals surface area contributed by atoms with Crippen LogP contribution < -0.4 is 5.32 Å². The van der Waals surface area contributed by atoms with Crippen LogP contribution in [0.4, 0.5) is 4.39 Å². The van der Waals surface area contributed by atoms with E-state index in [-0.39, 0.29) is 22.9 Å². The molecule has 1 heterocycles. The van der Waals surface area contributed by atoms with E-state index in [1.807, 2.05) is 0 Å². The van der Waals surface area contributed by atoms with E-state index in [0.29, 0.717) is 25.3 Å². The summed E-state index contributed by atoms with van der Waals surface area (Å²) < 4.78 is 18.7. The zero-order valence-corrected chi connectivity index (χ0v) is 12.3. The van der Waals surface area contributed by atoms with Gasteiger partial charge in [0.05, 0.1) is 16.3 Å². The molecule has 1 N–H and O–H groups in total. The molecule has 0 radical (unpaired) electrons. The summed E-state index contributed by atoms with van der Waals surface area (Å²) in [6.07, 6.45) is 0.150. The van der Waals surface area contributed by atoms with Crippen LogP contribution in [0.5, 0.6) is 0 Å². The third kappa shape index (κ3) is 3.92. The molecule has 0 aliphatic carbocycles. The molecule has 0 fully saturated rings. The Bertz CT molecular complexity index is 531. The lowest BCUT2D eigenvalue weighted by Gasteiger charge is -2.09. The molecule has 1 aliphatic rings. The van der Waals surface area contributed by atoms with Gasteiger partial charge in [0.2, 0.25) is 6.10 Å². The van der Waals surface area contributed by atoms with Crippen LogP contribution >= 0.6 is 11.6 Å². The number of hydrogen-bond acceptors (Lipinski definition) is 4. The van der Waals surface area contributed by atoms with Gasteiger partial charge in [-0.15, -0.1) is 0 Å². The number of ether oxygens (including phenoxy) is 1. The molecule has 2 rings (SSSR count). The van der Waals surface area contributed by atoms with Gasteiger partial charge in [0.15, 0.2) is 0 Å². The Kier molecular flexibility index (Phi) is 5.52. The summed E-state index contributed by atoms with van der Waals surface area (Å²) in [5.41, 5.74) is 0.531. The first-order valence-corrected chi connectivity index (χ1v) is 6.95. The fourth-order valence-corrected chi connectivity index (χ4v) is 2.25. The number of methoxy groups -OCH3 is 1. The van der Waals surface area contributed by atoms with Crippen LogP contribution in [0.1, 0.15) is 18.4 Å². The fourth-order valence-electron chi connectivity index (χ4n) is 1.98. The predicted molar refractivity (Wildman–Crippen MR) is 76.9 cm³/mol. The van der Waals surface area contributed by atoms with Gasteiger partial charge in [-0.05, 0) is 18.6 Å². The highest BCUT2D eigenvalue weighted by Gasteiger charge is 2.30. The number of nitrogens with one attached hydrogen (secondary N) is 1. The zero-order chi connectivity index (χ0) is 15.2. The third-order valence-corrected chi connectivity index (χ3v) is 3.35. The molecule has 0 saturated carbocycles. The average molecular weight is 315 g/mol. The first-order chi connectivity index (χ1) is 10.1. The van der Waals surface area contributed by atoms with E-state index < -0.39 is 11.9 Å². The molecular weight excluding hydrogens is 299 g/mol. The highest BCUT2D eigenvalue weighted by atomic mass is 35.5. The van der Waals surface area contributed by atoms with Crippen molar-refractivity contribution in [3.8, 4) is 0 Å². The van der Waals surface area contributed by atoms with E-state index >= 15 is 0 Å². The first-order valence-electron chi connectivity index (χ1n) is 6.57. The Hall–Kier alpha value is -1.66. The molecule has 0 unspecified atom stereocenters. The highest BCUT2D eigenvalue weighted by Crippen LogP contribution is 2.25. The standard InChI is InChI=1S/C14H16ClFN2O3/c1-20-7-3-6-17-14(19)12-8-11(18-21-12)13-9(15)4-2-5-10(13)16/h2,4-5,12H,3,6-8H2,1H3,(H,17,19)/t12-/m0/s1. The number of carbonyl (C=O) groups is 1. The molecule has 1 aliphatic heterocycles. The smallest absolute Gasteiger partial charge is 0.264 e. The monoisotopic (exact) mass is 314 g/mol. The SMILES string of the molecule is COCCCNC(=O)[C@@H]1CC(c2c(F)cccc2Cl)=NO1. The van der Waals surface area contributed by atoms with Crippen molar-refractivity contribution in [3.63, 3.8) is 0 Å². The van der Waals surface area contributed by atoms with Gasteiger partial charge >= 0.3 is 0 Å². The van der Waals surface area contributed by atoms with E-state index in [1.54, 1.807) is 13.2 Å². The molecule has 0 saturated heterocycles. The largest absolute Gasteiger partial charge is 0.385 e. The summed E-state index contributed by atoms with van der Waals surface area (Å²) in [7, 11) is 1.60. The van der Waals surface area contributed by atoms with Crippen LogP contribution in [-0.4, -0.2) is 38.0 Å². The van der Waals surface area contributed by atoms with Gasteiger partial charge in [0.1, 0.15) is 5.82 Å². The van der Waals surface area contributed by atoms with E-state index in [1.165, 1.54) is 12.1 Å². The van der Waals surface area contributed by atoms with Crippen molar-refractivity contribution in [3.05, 3.63) is 34.6 Å². The minimum atomic E-state index is -0.752. The first kappa shape index (κ1) is 15.7. The molecule has 1 aromatic carbocycles. The minimum Gasteiger partial charge on any atom is -0.385 e. The number of hydrogen-bond donors (Lipinski definition) is 1. The number of rotatable bonds is 6. The lowest BCUT2D eigenvalue weighted by atomic mass is 10.0. The Morgan fingerprint density at radius 2 is 2.43 bits per heavy atom. The van der Waals surface area contributed by atoms with E-state index in [0.717, 1.165) is 0 Å². The fraction of sp³-hybridized carbons (Fsp3) is 0.429. The average Bonchev–Trinajstić information content (AvgIpc) is 2.93. The Morgan fingerprint density at radius 3 is 3.14 bits per heavy atom. The van der Waals surface area contributed by atoms with Crippen LogP contribution in [0, 0.1) is 5.82 Å². The Labute approximate surface area is 127 Å². The molecule has 0 bridgehead atoms. The molecule has 5 nitrogen and oxygen atoms in total. The second-order valence-electron chi connectivity index (χ2n) is 4.57. The molecule has 0 spiro atoms. The van der Waals surface area contributed by atoms with E-state index in [9.17, 15) is 9.18 Å². The second-order valence-corrected chi connectivity index (χ2v) is 4.98. The summed E-state index contributed by atoms with van der Waals surface area (Å²) in [5, 5.41) is 6.75. The summed E-state index contributed by atoms with van der Waals surface area (Å²) in [4.78, 5) is 16.9. The summed E-state index contributed by atoms with van der Waals surface area (Å²) in [5.74, 6) is -0.761. The van der Waals surface area contributed by atoms with Crippen molar-refractivity contribution in [1.29, 1.82) is 0 Å². The Balaban J connectivity index is 1.92. The van der Waals surface area contributed by atoms with Gasteiger partial charge in [0, 0.05) is 26.7 Å². The topological polar surface area (TPSA) is 59.9 Å². The molecule has 114 valence electrons. The number of oxime groups is 1. The molecular formula is C14H16ClFN2O3. The van der Waals surface area contributed by atoms with Gasteiger partial charge in [-0.1, -0.05) is 22.8 Å². The molecule has 1 atom stereocenters. The van der Waals surface area contributed by atoms with Crippen LogP contribution in [0.2, 0.25) is 5.02 Å². The maximum absolute atomic E-state index is 13.8. The van der Waals surface area contributed by atoms with Crippen LogP contribution in [0.15, 0.2) is 23.4 Å². The molecule has 1 amide bonds.